The third-order valence-corrected chi connectivity index (χ3v) is 3.92. The maximum atomic E-state index is 12.3. The van der Waals surface area contributed by atoms with Crippen molar-refractivity contribution in [3.05, 3.63) is 62.0 Å². The van der Waals surface area contributed by atoms with Gasteiger partial charge < -0.3 is 5.73 Å². The molecule has 98 valence electrons. The highest BCUT2D eigenvalue weighted by molar-refractivity contribution is 9.10. The molecule has 0 radical (unpaired) electrons. The Kier molecular flexibility index (Phi) is 4.50. The SMILES string of the molecule is Nc1ccc(Br)cc1C(=O)Cc1c(Cl)cccc1Cl. The predicted octanol–water partition coefficient (Wildman–Crippen LogP) is 4.76. The van der Waals surface area contributed by atoms with Gasteiger partial charge in [-0.3, -0.25) is 4.79 Å². The minimum absolute atomic E-state index is 0.117. The molecule has 0 heterocycles. The Labute approximate surface area is 129 Å². The molecule has 19 heavy (non-hydrogen) atoms. The zero-order valence-corrected chi connectivity index (χ0v) is 12.9. The Morgan fingerprint density at radius 1 is 1.16 bits per heavy atom. The van der Waals surface area contributed by atoms with E-state index >= 15 is 0 Å². The van der Waals surface area contributed by atoms with E-state index in [1.165, 1.54) is 0 Å². The van der Waals surface area contributed by atoms with Gasteiger partial charge in [0.15, 0.2) is 5.78 Å². The minimum atomic E-state index is -0.117. The number of carbonyl (C=O) groups is 1. The molecule has 0 aromatic heterocycles. The number of rotatable bonds is 3. The fraction of sp³-hybridized carbons (Fsp3) is 0.0714. The molecule has 2 aromatic carbocycles. The van der Waals surface area contributed by atoms with Crippen LogP contribution < -0.4 is 5.73 Å². The summed E-state index contributed by atoms with van der Waals surface area (Å²) in [4.78, 5) is 12.3. The highest BCUT2D eigenvalue weighted by Crippen LogP contribution is 2.27. The molecule has 2 aromatic rings. The first-order valence-corrected chi connectivity index (χ1v) is 7.05. The highest BCUT2D eigenvalue weighted by atomic mass is 79.9. The molecule has 0 aliphatic rings. The molecule has 2 rings (SSSR count). The lowest BCUT2D eigenvalue weighted by Crippen LogP contribution is -2.08. The van der Waals surface area contributed by atoms with Gasteiger partial charge in [0, 0.05) is 32.2 Å². The number of Topliss-reactive ketones (excluding diaryl/α,β-unsaturated/α-hetero) is 1. The molecule has 2 N–H and O–H groups in total. The van der Waals surface area contributed by atoms with Crippen LogP contribution in [0.5, 0.6) is 0 Å². The Morgan fingerprint density at radius 2 is 1.79 bits per heavy atom. The van der Waals surface area contributed by atoms with Crippen LogP contribution in [0.1, 0.15) is 15.9 Å². The summed E-state index contributed by atoms with van der Waals surface area (Å²) in [6.45, 7) is 0. The number of nitrogen functional groups attached to an aromatic ring is 1. The molecule has 0 aliphatic heterocycles. The van der Waals surface area contributed by atoms with Crippen LogP contribution in [-0.4, -0.2) is 5.78 Å². The van der Waals surface area contributed by atoms with Crippen LogP contribution in [0.15, 0.2) is 40.9 Å². The van der Waals surface area contributed by atoms with Crippen molar-refractivity contribution in [1.29, 1.82) is 0 Å². The number of nitrogens with two attached hydrogens (primary N) is 1. The van der Waals surface area contributed by atoms with Gasteiger partial charge in [0.05, 0.1) is 0 Å². The first-order chi connectivity index (χ1) is 8.99. The van der Waals surface area contributed by atoms with Crippen LogP contribution in [0.2, 0.25) is 10.0 Å². The average Bonchev–Trinajstić information content (AvgIpc) is 2.37. The monoisotopic (exact) mass is 357 g/mol. The summed E-state index contributed by atoms with van der Waals surface area (Å²) < 4.78 is 0.801. The molecule has 0 amide bonds. The van der Waals surface area contributed by atoms with Gasteiger partial charge >= 0.3 is 0 Å². The van der Waals surface area contributed by atoms with E-state index in [0.29, 0.717) is 26.9 Å². The van der Waals surface area contributed by atoms with Crippen molar-refractivity contribution in [3.63, 3.8) is 0 Å². The Balaban J connectivity index is 2.34. The van der Waals surface area contributed by atoms with Gasteiger partial charge in [0.2, 0.25) is 0 Å². The van der Waals surface area contributed by atoms with E-state index < -0.39 is 0 Å². The lowest BCUT2D eigenvalue weighted by Gasteiger charge is -2.08. The molecule has 0 spiro atoms. The van der Waals surface area contributed by atoms with Gasteiger partial charge in [-0.25, -0.2) is 0 Å². The maximum Gasteiger partial charge on any atom is 0.169 e. The number of halogens is 3. The molecule has 0 unspecified atom stereocenters. The normalized spacial score (nSPS) is 10.5. The number of carbonyl (C=O) groups excluding carboxylic acids is 1. The zero-order chi connectivity index (χ0) is 14.0. The van der Waals surface area contributed by atoms with Crippen molar-refractivity contribution in [1.82, 2.24) is 0 Å². The van der Waals surface area contributed by atoms with Gasteiger partial charge in [-0.1, -0.05) is 45.2 Å². The lowest BCUT2D eigenvalue weighted by atomic mass is 10.0. The summed E-state index contributed by atoms with van der Waals surface area (Å²) in [6.07, 6.45) is 0.124. The zero-order valence-electron chi connectivity index (χ0n) is 9.79. The van der Waals surface area contributed by atoms with E-state index in [1.807, 2.05) is 0 Å². The largest absolute Gasteiger partial charge is 0.398 e. The van der Waals surface area contributed by atoms with Gasteiger partial charge in [0.25, 0.3) is 0 Å². The second kappa shape index (κ2) is 5.95. The molecule has 0 atom stereocenters. The van der Waals surface area contributed by atoms with Crippen LogP contribution in [0.3, 0.4) is 0 Å². The van der Waals surface area contributed by atoms with Crippen molar-refractivity contribution in [3.8, 4) is 0 Å². The maximum absolute atomic E-state index is 12.3. The topological polar surface area (TPSA) is 43.1 Å². The standard InChI is InChI=1S/C14H10BrCl2NO/c15-8-4-5-13(18)10(6-8)14(19)7-9-11(16)2-1-3-12(9)17/h1-6H,7,18H2. The second-order valence-electron chi connectivity index (χ2n) is 4.03. The average molecular weight is 359 g/mol. The molecule has 0 aliphatic carbocycles. The van der Waals surface area contributed by atoms with Crippen LogP contribution in [0.25, 0.3) is 0 Å². The van der Waals surface area contributed by atoms with Crippen LogP contribution in [0.4, 0.5) is 5.69 Å². The third kappa shape index (κ3) is 3.30. The number of anilines is 1. The third-order valence-electron chi connectivity index (χ3n) is 2.71. The van der Waals surface area contributed by atoms with Crippen LogP contribution in [0, 0.1) is 0 Å². The summed E-state index contributed by atoms with van der Waals surface area (Å²) in [5.41, 5.74) is 7.34. The van der Waals surface area contributed by atoms with E-state index in [9.17, 15) is 4.79 Å². The molecular weight excluding hydrogens is 349 g/mol. The smallest absolute Gasteiger partial charge is 0.169 e. The van der Waals surface area contributed by atoms with Crippen molar-refractivity contribution < 1.29 is 4.79 Å². The minimum Gasteiger partial charge on any atom is -0.398 e. The van der Waals surface area contributed by atoms with Crippen LogP contribution in [-0.2, 0) is 6.42 Å². The molecule has 0 saturated carbocycles. The van der Waals surface area contributed by atoms with E-state index in [-0.39, 0.29) is 12.2 Å². The quantitative estimate of drug-likeness (QED) is 0.634. The number of benzene rings is 2. The second-order valence-corrected chi connectivity index (χ2v) is 5.76. The van der Waals surface area contributed by atoms with Gasteiger partial charge in [-0.05, 0) is 35.9 Å². The fourth-order valence-corrected chi connectivity index (χ4v) is 2.62. The van der Waals surface area contributed by atoms with E-state index in [1.54, 1.807) is 36.4 Å². The first-order valence-electron chi connectivity index (χ1n) is 5.50. The number of hydrogen-bond acceptors (Lipinski definition) is 2. The predicted molar refractivity (Wildman–Crippen MR) is 83.1 cm³/mol. The van der Waals surface area contributed by atoms with Gasteiger partial charge in [0.1, 0.15) is 0 Å². The molecule has 0 bridgehead atoms. The Bertz CT molecular complexity index is 623. The number of hydrogen-bond donors (Lipinski definition) is 1. The van der Waals surface area contributed by atoms with Crippen molar-refractivity contribution in [2.45, 2.75) is 6.42 Å². The van der Waals surface area contributed by atoms with Gasteiger partial charge in [-0.15, -0.1) is 0 Å². The van der Waals surface area contributed by atoms with Crippen molar-refractivity contribution >= 4 is 50.6 Å². The lowest BCUT2D eigenvalue weighted by molar-refractivity contribution is 0.0994. The summed E-state index contributed by atoms with van der Waals surface area (Å²) in [5, 5.41) is 0.962. The Morgan fingerprint density at radius 3 is 2.42 bits per heavy atom. The van der Waals surface area contributed by atoms with Gasteiger partial charge in [-0.2, -0.15) is 0 Å². The molecule has 0 saturated heterocycles. The number of ketones is 1. The highest BCUT2D eigenvalue weighted by Gasteiger charge is 2.15. The molecular formula is C14H10BrCl2NO. The molecule has 5 heteroatoms. The summed E-state index contributed by atoms with van der Waals surface area (Å²) >= 11 is 15.4. The van der Waals surface area contributed by atoms with E-state index in [4.69, 9.17) is 28.9 Å². The Hall–Kier alpha value is -1.03. The first kappa shape index (κ1) is 14.4. The molecule has 0 fully saturated rings. The fourth-order valence-electron chi connectivity index (χ4n) is 1.73. The summed E-state index contributed by atoms with van der Waals surface area (Å²) in [5.74, 6) is -0.117. The van der Waals surface area contributed by atoms with Crippen LogP contribution >= 0.6 is 39.1 Å². The van der Waals surface area contributed by atoms with E-state index in [2.05, 4.69) is 15.9 Å². The molecule has 2 nitrogen and oxygen atoms in total. The summed E-state index contributed by atoms with van der Waals surface area (Å²) in [6, 6.07) is 10.3. The summed E-state index contributed by atoms with van der Waals surface area (Å²) in [7, 11) is 0. The van der Waals surface area contributed by atoms with Crippen molar-refractivity contribution in [2.75, 3.05) is 5.73 Å². The van der Waals surface area contributed by atoms with Crippen molar-refractivity contribution in [2.24, 2.45) is 0 Å². The van der Waals surface area contributed by atoms with E-state index in [0.717, 1.165) is 4.47 Å².